The van der Waals surface area contributed by atoms with Gasteiger partial charge in [0.1, 0.15) is 5.31 Å². The van der Waals surface area contributed by atoms with Crippen LogP contribution in [-0.2, 0) is 18.4 Å². The second-order valence-corrected chi connectivity index (χ2v) is 8.72. The van der Waals surface area contributed by atoms with Crippen molar-refractivity contribution >= 4 is 42.7 Å². The summed E-state index contributed by atoms with van der Waals surface area (Å²) in [5, 5.41) is 0.613. The van der Waals surface area contributed by atoms with E-state index in [1.807, 2.05) is 13.8 Å². The Morgan fingerprint density at radius 1 is 1.27 bits per heavy atom. The summed E-state index contributed by atoms with van der Waals surface area (Å²) in [6.07, 6.45) is 1.43. The molecule has 0 saturated carbocycles. The van der Waals surface area contributed by atoms with Crippen molar-refractivity contribution in [2.45, 2.75) is 20.8 Å². The molecule has 1 aromatic rings. The molecule has 1 aromatic carbocycles. The molecule has 1 aliphatic heterocycles. The van der Waals surface area contributed by atoms with Crippen molar-refractivity contribution in [1.29, 1.82) is 0 Å². The molecule has 22 heavy (non-hydrogen) atoms. The van der Waals surface area contributed by atoms with Crippen LogP contribution in [0.25, 0.3) is 6.08 Å². The van der Waals surface area contributed by atoms with Gasteiger partial charge in [-0.2, -0.15) is 0 Å². The lowest BCUT2D eigenvalue weighted by atomic mass is 9.97. The highest BCUT2D eigenvalue weighted by molar-refractivity contribution is 7.60. The molecule has 7 heteroatoms. The third-order valence-corrected chi connectivity index (χ3v) is 5.99. The molecular weight excluding hydrogens is 346 g/mol. The molecule has 120 valence electrons. The Labute approximate surface area is 139 Å². The Hall–Kier alpha value is -0.640. The number of carbonyl (C=O) groups is 1. The molecule has 0 radical (unpaired) electrons. The number of halogens is 2. The average Bonchev–Trinajstić information content (AvgIpc) is 2.44. The van der Waals surface area contributed by atoms with Crippen molar-refractivity contribution in [3.63, 3.8) is 0 Å². The molecular formula is C15H17Cl2O4P. The van der Waals surface area contributed by atoms with Crippen LogP contribution in [0.1, 0.15) is 26.3 Å². The van der Waals surface area contributed by atoms with Crippen molar-refractivity contribution < 1.29 is 18.4 Å². The summed E-state index contributed by atoms with van der Waals surface area (Å²) in [6.45, 7) is 5.68. The molecule has 0 amide bonds. The molecule has 0 N–H and O–H groups in total. The number of hydrogen-bond donors (Lipinski definition) is 0. The molecule has 2 rings (SSSR count). The summed E-state index contributed by atoms with van der Waals surface area (Å²) in [6, 6.07) is 5.00. The minimum absolute atomic E-state index is 0.0211. The first-order valence-electron chi connectivity index (χ1n) is 6.71. The van der Waals surface area contributed by atoms with Gasteiger partial charge < -0.3 is 9.05 Å². The standard InChI is InChI=1S/C15H17Cl2O4P/c1-10(18)13(7-11-5-4-6-12(16)14(11)17)22(19)20-8-15(2,3)9-21-22/h4-7H,8-9H2,1-3H3/b13-7+. The SMILES string of the molecule is CC(=O)/C(=C\c1cccc(Cl)c1Cl)P1(=O)OCC(C)(C)CO1. The van der Waals surface area contributed by atoms with Gasteiger partial charge in [-0.1, -0.05) is 49.2 Å². The molecule has 0 aliphatic carbocycles. The van der Waals surface area contributed by atoms with Crippen molar-refractivity contribution in [3.8, 4) is 0 Å². The molecule has 0 aromatic heterocycles. The van der Waals surface area contributed by atoms with E-state index in [2.05, 4.69) is 0 Å². The Morgan fingerprint density at radius 2 is 1.86 bits per heavy atom. The Morgan fingerprint density at radius 3 is 2.41 bits per heavy atom. The first-order valence-corrected chi connectivity index (χ1v) is 9.01. The minimum atomic E-state index is -3.65. The summed E-state index contributed by atoms with van der Waals surface area (Å²) in [5.74, 6) is -0.390. The first-order chi connectivity index (χ1) is 10.1. The predicted molar refractivity (Wildman–Crippen MR) is 88.4 cm³/mol. The zero-order valence-corrected chi connectivity index (χ0v) is 15.0. The average molecular weight is 363 g/mol. The van der Waals surface area contributed by atoms with E-state index in [1.165, 1.54) is 13.0 Å². The van der Waals surface area contributed by atoms with Crippen LogP contribution in [0.3, 0.4) is 0 Å². The molecule has 1 aliphatic rings. The zero-order chi connectivity index (χ0) is 16.5. The Kier molecular flexibility index (Phi) is 5.20. The number of benzene rings is 1. The lowest BCUT2D eigenvalue weighted by molar-refractivity contribution is -0.113. The van der Waals surface area contributed by atoms with Crippen LogP contribution in [0.2, 0.25) is 10.0 Å². The van der Waals surface area contributed by atoms with Gasteiger partial charge in [-0.05, 0) is 24.6 Å². The maximum absolute atomic E-state index is 12.9. The van der Waals surface area contributed by atoms with E-state index in [4.69, 9.17) is 32.2 Å². The highest BCUT2D eigenvalue weighted by Gasteiger charge is 2.41. The van der Waals surface area contributed by atoms with E-state index >= 15 is 0 Å². The molecule has 0 bridgehead atoms. The highest BCUT2D eigenvalue weighted by Crippen LogP contribution is 2.60. The third-order valence-electron chi connectivity index (χ3n) is 3.18. The largest absolute Gasteiger partial charge is 0.364 e. The van der Waals surface area contributed by atoms with Gasteiger partial charge in [0.05, 0.1) is 23.3 Å². The molecule has 0 atom stereocenters. The first kappa shape index (κ1) is 17.7. The van der Waals surface area contributed by atoms with E-state index in [1.54, 1.807) is 18.2 Å². The summed E-state index contributed by atoms with van der Waals surface area (Å²) < 4.78 is 23.7. The fourth-order valence-corrected chi connectivity index (χ4v) is 4.33. The lowest BCUT2D eigenvalue weighted by Crippen LogP contribution is -2.30. The van der Waals surface area contributed by atoms with Crippen molar-refractivity contribution in [3.05, 3.63) is 39.1 Å². The van der Waals surface area contributed by atoms with Crippen molar-refractivity contribution in [2.75, 3.05) is 13.2 Å². The summed E-state index contributed by atoms with van der Waals surface area (Å²) in [7, 11) is -3.65. The molecule has 4 nitrogen and oxygen atoms in total. The normalized spacial score (nSPS) is 20.7. The van der Waals surface area contributed by atoms with Crippen LogP contribution in [0, 0.1) is 5.41 Å². The van der Waals surface area contributed by atoms with Crippen LogP contribution >= 0.6 is 30.8 Å². The predicted octanol–water partition coefficient (Wildman–Crippen LogP) is 5.19. The van der Waals surface area contributed by atoms with Gasteiger partial charge in [-0.3, -0.25) is 9.36 Å². The van der Waals surface area contributed by atoms with E-state index in [0.717, 1.165) is 0 Å². The summed E-state index contributed by atoms with van der Waals surface area (Å²) >= 11 is 12.1. The molecule has 0 spiro atoms. The van der Waals surface area contributed by atoms with Crippen molar-refractivity contribution in [2.24, 2.45) is 5.41 Å². The number of allylic oxidation sites excluding steroid dienone is 1. The summed E-state index contributed by atoms with van der Waals surface area (Å²) in [4.78, 5) is 11.9. The molecule has 1 heterocycles. The van der Waals surface area contributed by atoms with Gasteiger partial charge in [-0.15, -0.1) is 0 Å². The quantitative estimate of drug-likeness (QED) is 0.548. The van der Waals surface area contributed by atoms with Gasteiger partial charge >= 0.3 is 7.60 Å². The fourth-order valence-electron chi connectivity index (χ4n) is 1.89. The fraction of sp³-hybridized carbons (Fsp3) is 0.400. The molecule has 1 saturated heterocycles. The van der Waals surface area contributed by atoms with E-state index in [-0.39, 0.29) is 34.7 Å². The number of rotatable bonds is 3. The number of ketones is 1. The maximum Gasteiger partial charge on any atom is 0.364 e. The van der Waals surface area contributed by atoms with Crippen LogP contribution in [0.4, 0.5) is 0 Å². The van der Waals surface area contributed by atoms with Gasteiger partial charge in [0.15, 0.2) is 5.78 Å². The van der Waals surface area contributed by atoms with E-state index in [0.29, 0.717) is 10.6 Å². The van der Waals surface area contributed by atoms with E-state index < -0.39 is 7.60 Å². The second-order valence-electron chi connectivity index (χ2n) is 5.94. The van der Waals surface area contributed by atoms with E-state index in [9.17, 15) is 9.36 Å². The van der Waals surface area contributed by atoms with Gasteiger partial charge in [-0.25, -0.2) is 0 Å². The van der Waals surface area contributed by atoms with Gasteiger partial charge in [0.25, 0.3) is 0 Å². The number of carbonyl (C=O) groups excluding carboxylic acids is 1. The third kappa shape index (κ3) is 3.81. The zero-order valence-electron chi connectivity index (χ0n) is 12.6. The number of Topliss-reactive ketones (excluding diaryl/α,β-unsaturated/α-hetero) is 1. The maximum atomic E-state index is 12.9. The second kappa shape index (κ2) is 6.46. The Bertz CT molecular complexity index is 668. The summed E-state index contributed by atoms with van der Waals surface area (Å²) in [5.41, 5.74) is 0.246. The lowest BCUT2D eigenvalue weighted by Gasteiger charge is -2.34. The van der Waals surface area contributed by atoms with Gasteiger partial charge in [0.2, 0.25) is 0 Å². The molecule has 0 unspecified atom stereocenters. The number of hydrogen-bond acceptors (Lipinski definition) is 4. The van der Waals surface area contributed by atoms with Crippen LogP contribution in [0.15, 0.2) is 23.5 Å². The topological polar surface area (TPSA) is 52.6 Å². The Balaban J connectivity index is 2.43. The van der Waals surface area contributed by atoms with Crippen molar-refractivity contribution in [1.82, 2.24) is 0 Å². The molecule has 1 fully saturated rings. The highest BCUT2D eigenvalue weighted by atomic mass is 35.5. The van der Waals surface area contributed by atoms with Gasteiger partial charge in [0, 0.05) is 5.41 Å². The monoisotopic (exact) mass is 362 g/mol. The minimum Gasteiger partial charge on any atom is -0.304 e. The smallest absolute Gasteiger partial charge is 0.304 e. The van der Waals surface area contributed by atoms with Crippen LogP contribution in [-0.4, -0.2) is 19.0 Å². The van der Waals surface area contributed by atoms with Crippen LogP contribution in [0.5, 0.6) is 0 Å². The van der Waals surface area contributed by atoms with Crippen LogP contribution < -0.4 is 0 Å².